The van der Waals surface area contributed by atoms with Crippen LogP contribution in [-0.2, 0) is 22.6 Å². The van der Waals surface area contributed by atoms with Gasteiger partial charge in [-0.15, -0.1) is 0 Å². The summed E-state index contributed by atoms with van der Waals surface area (Å²) in [5, 5.41) is 2.85. The van der Waals surface area contributed by atoms with E-state index in [0.29, 0.717) is 13.1 Å². The van der Waals surface area contributed by atoms with Crippen LogP contribution in [0.25, 0.3) is 0 Å². The number of hydrogen-bond donors (Lipinski definition) is 1. The number of carbonyl (C=O) groups is 2. The molecule has 1 atom stereocenters. The quantitative estimate of drug-likeness (QED) is 0.772. The van der Waals surface area contributed by atoms with Crippen molar-refractivity contribution in [3.05, 3.63) is 71.0 Å². The van der Waals surface area contributed by atoms with Gasteiger partial charge in [-0.2, -0.15) is 0 Å². The van der Waals surface area contributed by atoms with E-state index in [-0.39, 0.29) is 24.1 Å². The van der Waals surface area contributed by atoms with E-state index < -0.39 is 6.04 Å². The number of hydrogen-bond acceptors (Lipinski definition) is 2. The molecule has 0 fully saturated rings. The van der Waals surface area contributed by atoms with Gasteiger partial charge in [0.1, 0.15) is 11.9 Å². The number of halogens is 1. The highest BCUT2D eigenvalue weighted by atomic mass is 19.1. The predicted molar refractivity (Wildman–Crippen MR) is 105 cm³/mol. The molecule has 0 aliphatic heterocycles. The first-order valence-corrected chi connectivity index (χ1v) is 9.28. The first-order valence-electron chi connectivity index (χ1n) is 9.28. The maximum absolute atomic E-state index is 13.1. The highest BCUT2D eigenvalue weighted by molar-refractivity contribution is 5.88. The fourth-order valence-corrected chi connectivity index (χ4v) is 2.86. The van der Waals surface area contributed by atoms with Crippen molar-refractivity contribution in [1.82, 2.24) is 10.2 Å². The van der Waals surface area contributed by atoms with Crippen molar-refractivity contribution in [3.8, 4) is 0 Å². The maximum atomic E-state index is 13.1. The molecule has 0 bridgehead atoms. The Labute approximate surface area is 160 Å². The zero-order chi connectivity index (χ0) is 19.8. The van der Waals surface area contributed by atoms with E-state index in [2.05, 4.69) is 5.32 Å². The van der Waals surface area contributed by atoms with Crippen LogP contribution in [0.1, 0.15) is 37.0 Å². The molecule has 2 aromatic carbocycles. The molecule has 2 rings (SSSR count). The molecule has 0 radical (unpaired) electrons. The topological polar surface area (TPSA) is 49.4 Å². The molecule has 1 N–H and O–H groups in total. The number of benzene rings is 2. The van der Waals surface area contributed by atoms with Crippen molar-refractivity contribution in [2.24, 2.45) is 0 Å². The van der Waals surface area contributed by atoms with Crippen LogP contribution < -0.4 is 5.32 Å². The summed E-state index contributed by atoms with van der Waals surface area (Å²) in [6.45, 7) is 6.64. The Kier molecular flexibility index (Phi) is 7.53. The fourth-order valence-electron chi connectivity index (χ4n) is 2.86. The zero-order valence-corrected chi connectivity index (χ0v) is 16.2. The molecule has 2 amide bonds. The number of amides is 2. The van der Waals surface area contributed by atoms with Gasteiger partial charge in [-0.1, -0.05) is 48.9 Å². The number of aryl methyl sites for hydroxylation is 1. The van der Waals surface area contributed by atoms with E-state index in [1.54, 1.807) is 24.0 Å². The smallest absolute Gasteiger partial charge is 0.242 e. The second kappa shape index (κ2) is 9.86. The number of nitrogens with one attached hydrogen (secondary N) is 1. The van der Waals surface area contributed by atoms with Crippen LogP contribution in [-0.4, -0.2) is 29.3 Å². The van der Waals surface area contributed by atoms with Crippen LogP contribution in [0.4, 0.5) is 4.39 Å². The van der Waals surface area contributed by atoms with E-state index in [4.69, 9.17) is 0 Å². The molecular weight excluding hydrogens is 343 g/mol. The third-order valence-electron chi connectivity index (χ3n) is 4.42. The van der Waals surface area contributed by atoms with Gasteiger partial charge in [0.05, 0.1) is 6.42 Å². The van der Waals surface area contributed by atoms with Crippen molar-refractivity contribution in [2.45, 2.75) is 46.2 Å². The predicted octanol–water partition coefficient (Wildman–Crippen LogP) is 3.62. The van der Waals surface area contributed by atoms with Crippen molar-refractivity contribution in [3.63, 3.8) is 0 Å². The average molecular weight is 370 g/mol. The summed E-state index contributed by atoms with van der Waals surface area (Å²) in [5.74, 6) is -0.672. The van der Waals surface area contributed by atoms with Gasteiger partial charge < -0.3 is 10.2 Å². The molecule has 0 aliphatic rings. The summed E-state index contributed by atoms with van der Waals surface area (Å²) in [6.07, 6.45) is 0.956. The minimum atomic E-state index is -0.593. The Bertz CT molecular complexity index is 774. The molecule has 5 heteroatoms. The second-order valence-electron chi connectivity index (χ2n) is 6.78. The van der Waals surface area contributed by atoms with Crippen LogP contribution >= 0.6 is 0 Å². The molecule has 144 valence electrons. The van der Waals surface area contributed by atoms with Crippen LogP contribution in [0, 0.1) is 12.7 Å². The Hall–Kier alpha value is -2.69. The molecule has 27 heavy (non-hydrogen) atoms. The van der Waals surface area contributed by atoms with E-state index in [0.717, 1.165) is 23.1 Å². The summed E-state index contributed by atoms with van der Waals surface area (Å²) in [4.78, 5) is 27.0. The van der Waals surface area contributed by atoms with Crippen molar-refractivity contribution >= 4 is 11.8 Å². The van der Waals surface area contributed by atoms with Crippen LogP contribution in [0.3, 0.4) is 0 Å². The Morgan fingerprint density at radius 2 is 1.81 bits per heavy atom. The third kappa shape index (κ3) is 6.20. The fraction of sp³-hybridized carbons (Fsp3) is 0.364. The first-order chi connectivity index (χ1) is 12.9. The largest absolute Gasteiger partial charge is 0.354 e. The highest BCUT2D eigenvalue weighted by Crippen LogP contribution is 2.14. The number of nitrogens with zero attached hydrogens (tertiary/aromatic N) is 1. The number of rotatable bonds is 8. The maximum Gasteiger partial charge on any atom is 0.242 e. The van der Waals surface area contributed by atoms with E-state index in [9.17, 15) is 14.0 Å². The molecule has 0 saturated heterocycles. The Balaban J connectivity index is 2.20. The summed E-state index contributed by atoms with van der Waals surface area (Å²) in [7, 11) is 0. The zero-order valence-electron chi connectivity index (χ0n) is 16.2. The molecule has 2 aromatic rings. The van der Waals surface area contributed by atoms with Gasteiger partial charge >= 0.3 is 0 Å². The van der Waals surface area contributed by atoms with E-state index in [1.165, 1.54) is 12.1 Å². The highest BCUT2D eigenvalue weighted by Gasteiger charge is 2.26. The standard InChI is InChI=1S/C22H27FN2O2/c1-4-12-24-22(27)17(3)25(15-19-7-5-6-16(2)13-19)21(26)14-18-8-10-20(23)11-9-18/h5-11,13,17H,4,12,14-15H2,1-3H3,(H,24,27). The van der Waals surface area contributed by atoms with Crippen LogP contribution in [0.15, 0.2) is 48.5 Å². The Morgan fingerprint density at radius 3 is 2.44 bits per heavy atom. The normalized spacial score (nSPS) is 11.7. The molecule has 0 spiro atoms. The molecule has 0 saturated carbocycles. The third-order valence-corrected chi connectivity index (χ3v) is 4.42. The minimum absolute atomic E-state index is 0.123. The molecule has 0 heterocycles. The average Bonchev–Trinajstić information content (AvgIpc) is 2.65. The SMILES string of the molecule is CCCNC(=O)C(C)N(Cc1cccc(C)c1)C(=O)Cc1ccc(F)cc1. The minimum Gasteiger partial charge on any atom is -0.354 e. The van der Waals surface area contributed by atoms with Crippen LogP contribution in [0.5, 0.6) is 0 Å². The van der Waals surface area contributed by atoms with Gasteiger partial charge in [-0.3, -0.25) is 9.59 Å². The van der Waals surface area contributed by atoms with Crippen molar-refractivity contribution in [1.29, 1.82) is 0 Å². The first kappa shape index (κ1) is 20.6. The lowest BCUT2D eigenvalue weighted by Gasteiger charge is -2.29. The van der Waals surface area contributed by atoms with Crippen LogP contribution in [0.2, 0.25) is 0 Å². The van der Waals surface area contributed by atoms with E-state index >= 15 is 0 Å². The molecular formula is C22H27FN2O2. The lowest BCUT2D eigenvalue weighted by molar-refractivity contribution is -0.140. The van der Waals surface area contributed by atoms with E-state index in [1.807, 2.05) is 38.1 Å². The summed E-state index contributed by atoms with van der Waals surface area (Å²) < 4.78 is 13.1. The van der Waals surface area contributed by atoms with Gasteiger partial charge in [-0.25, -0.2) is 4.39 Å². The van der Waals surface area contributed by atoms with Gasteiger partial charge in [0.15, 0.2) is 0 Å². The molecule has 0 aliphatic carbocycles. The second-order valence-corrected chi connectivity index (χ2v) is 6.78. The lowest BCUT2D eigenvalue weighted by Crippen LogP contribution is -2.48. The van der Waals surface area contributed by atoms with Gasteiger partial charge in [0.2, 0.25) is 11.8 Å². The monoisotopic (exact) mass is 370 g/mol. The van der Waals surface area contributed by atoms with Gasteiger partial charge in [-0.05, 0) is 43.5 Å². The van der Waals surface area contributed by atoms with Crippen molar-refractivity contribution in [2.75, 3.05) is 6.54 Å². The van der Waals surface area contributed by atoms with Gasteiger partial charge in [0, 0.05) is 13.1 Å². The Morgan fingerprint density at radius 1 is 1.11 bits per heavy atom. The summed E-state index contributed by atoms with van der Waals surface area (Å²) in [5.41, 5.74) is 2.79. The molecule has 0 aromatic heterocycles. The number of carbonyl (C=O) groups excluding carboxylic acids is 2. The summed E-state index contributed by atoms with van der Waals surface area (Å²) >= 11 is 0. The summed E-state index contributed by atoms with van der Waals surface area (Å²) in [6, 6.07) is 13.2. The lowest BCUT2D eigenvalue weighted by atomic mass is 10.1. The van der Waals surface area contributed by atoms with Gasteiger partial charge in [0.25, 0.3) is 0 Å². The van der Waals surface area contributed by atoms with Crippen molar-refractivity contribution < 1.29 is 14.0 Å². The molecule has 1 unspecified atom stereocenters. The molecule has 4 nitrogen and oxygen atoms in total.